The lowest BCUT2D eigenvalue weighted by molar-refractivity contribution is 0.0294. The predicted molar refractivity (Wildman–Crippen MR) is 51.3 cm³/mol. The van der Waals surface area contributed by atoms with Crippen molar-refractivity contribution in [3.05, 3.63) is 0 Å². The Morgan fingerprint density at radius 1 is 1.50 bits per heavy atom. The highest BCUT2D eigenvalue weighted by Crippen LogP contribution is 2.18. The Balaban J connectivity index is 2.26. The van der Waals surface area contributed by atoms with Crippen LogP contribution in [-0.4, -0.2) is 25.3 Å². The Hall–Kier alpha value is -0.0800. The quantitative estimate of drug-likeness (QED) is 0.699. The number of nitrogens with one attached hydrogen (secondary N) is 1. The molecule has 1 atom stereocenters. The van der Waals surface area contributed by atoms with E-state index in [1.165, 1.54) is 12.8 Å². The number of morpholine rings is 1. The fourth-order valence-corrected chi connectivity index (χ4v) is 1.54. The molecule has 0 aromatic rings. The van der Waals surface area contributed by atoms with Crippen LogP contribution in [0, 0.1) is 5.92 Å². The second-order valence-electron chi connectivity index (χ2n) is 4.47. The highest BCUT2D eigenvalue weighted by molar-refractivity contribution is 4.85. The first-order valence-electron chi connectivity index (χ1n) is 4.95. The van der Waals surface area contributed by atoms with Gasteiger partial charge in [0.05, 0.1) is 13.2 Å². The Morgan fingerprint density at radius 3 is 2.75 bits per heavy atom. The molecule has 1 N–H and O–H groups in total. The first-order chi connectivity index (χ1) is 5.62. The lowest BCUT2D eigenvalue weighted by Crippen LogP contribution is -2.51. The van der Waals surface area contributed by atoms with E-state index in [0.29, 0.717) is 0 Å². The van der Waals surface area contributed by atoms with E-state index in [9.17, 15) is 0 Å². The molecule has 1 aliphatic rings. The summed E-state index contributed by atoms with van der Waals surface area (Å²) in [4.78, 5) is 0. The van der Waals surface area contributed by atoms with Gasteiger partial charge in [-0.15, -0.1) is 0 Å². The molecule has 72 valence electrons. The van der Waals surface area contributed by atoms with Crippen LogP contribution in [0.4, 0.5) is 0 Å². The minimum absolute atomic E-state index is 0.239. The maximum absolute atomic E-state index is 5.45. The van der Waals surface area contributed by atoms with Crippen LogP contribution in [0.1, 0.15) is 33.6 Å². The smallest absolute Gasteiger partial charge is 0.0646 e. The molecule has 12 heavy (non-hydrogen) atoms. The van der Waals surface area contributed by atoms with E-state index in [0.717, 1.165) is 25.7 Å². The van der Waals surface area contributed by atoms with E-state index in [1.54, 1.807) is 0 Å². The molecule has 2 heteroatoms. The average molecular weight is 171 g/mol. The molecule has 1 fully saturated rings. The van der Waals surface area contributed by atoms with E-state index in [2.05, 4.69) is 26.1 Å². The Labute approximate surface area is 75.7 Å². The normalized spacial score (nSPS) is 31.0. The van der Waals surface area contributed by atoms with Crippen molar-refractivity contribution in [2.75, 3.05) is 19.8 Å². The zero-order chi connectivity index (χ0) is 9.03. The summed E-state index contributed by atoms with van der Waals surface area (Å²) in [6.07, 6.45) is 2.51. The van der Waals surface area contributed by atoms with Crippen LogP contribution in [0.2, 0.25) is 0 Å². The van der Waals surface area contributed by atoms with Crippen LogP contribution in [0.25, 0.3) is 0 Å². The van der Waals surface area contributed by atoms with Crippen LogP contribution in [-0.2, 0) is 4.74 Å². The van der Waals surface area contributed by atoms with Gasteiger partial charge in [-0.05, 0) is 25.7 Å². The van der Waals surface area contributed by atoms with Gasteiger partial charge in [-0.3, -0.25) is 0 Å². The van der Waals surface area contributed by atoms with Crippen molar-refractivity contribution in [2.24, 2.45) is 5.92 Å². The highest BCUT2D eigenvalue weighted by Gasteiger charge is 2.26. The maximum atomic E-state index is 5.45. The third-order valence-electron chi connectivity index (χ3n) is 2.49. The van der Waals surface area contributed by atoms with Gasteiger partial charge in [-0.1, -0.05) is 13.8 Å². The number of ether oxygens (including phenoxy) is 1. The third kappa shape index (κ3) is 3.11. The molecule has 0 spiro atoms. The first-order valence-corrected chi connectivity index (χ1v) is 4.95. The first kappa shape index (κ1) is 10.0. The van der Waals surface area contributed by atoms with Crippen molar-refractivity contribution in [1.82, 2.24) is 5.32 Å². The minimum atomic E-state index is 0.239. The van der Waals surface area contributed by atoms with E-state index in [4.69, 9.17) is 4.74 Å². The number of hydrogen-bond acceptors (Lipinski definition) is 2. The minimum Gasteiger partial charge on any atom is -0.378 e. The van der Waals surface area contributed by atoms with Crippen LogP contribution in [0.15, 0.2) is 0 Å². The molecular weight excluding hydrogens is 150 g/mol. The van der Waals surface area contributed by atoms with Crippen LogP contribution in [0.5, 0.6) is 0 Å². The maximum Gasteiger partial charge on any atom is 0.0646 e. The molecule has 0 aromatic carbocycles. The predicted octanol–water partition coefficient (Wildman–Crippen LogP) is 1.80. The van der Waals surface area contributed by atoms with Crippen molar-refractivity contribution >= 4 is 0 Å². The molecule has 1 heterocycles. The summed E-state index contributed by atoms with van der Waals surface area (Å²) in [6.45, 7) is 9.56. The van der Waals surface area contributed by atoms with Crippen molar-refractivity contribution in [3.63, 3.8) is 0 Å². The molecular formula is C10H21NO. The van der Waals surface area contributed by atoms with E-state index in [1.807, 2.05) is 0 Å². The van der Waals surface area contributed by atoms with Gasteiger partial charge >= 0.3 is 0 Å². The van der Waals surface area contributed by atoms with Gasteiger partial charge in [-0.25, -0.2) is 0 Å². The Morgan fingerprint density at radius 2 is 2.25 bits per heavy atom. The summed E-state index contributed by atoms with van der Waals surface area (Å²) in [5.74, 6) is 0.797. The lowest BCUT2D eigenvalue weighted by atomic mass is 9.92. The second kappa shape index (κ2) is 4.24. The monoisotopic (exact) mass is 171 g/mol. The van der Waals surface area contributed by atoms with Gasteiger partial charge in [0, 0.05) is 12.1 Å². The zero-order valence-electron chi connectivity index (χ0n) is 8.52. The van der Waals surface area contributed by atoms with Gasteiger partial charge in [0.15, 0.2) is 0 Å². The summed E-state index contributed by atoms with van der Waals surface area (Å²) in [7, 11) is 0. The van der Waals surface area contributed by atoms with E-state index in [-0.39, 0.29) is 5.54 Å². The van der Waals surface area contributed by atoms with Crippen molar-refractivity contribution in [3.8, 4) is 0 Å². The fourth-order valence-electron chi connectivity index (χ4n) is 1.54. The van der Waals surface area contributed by atoms with Crippen LogP contribution < -0.4 is 5.32 Å². The van der Waals surface area contributed by atoms with Gasteiger partial charge in [0.25, 0.3) is 0 Å². The topological polar surface area (TPSA) is 21.3 Å². The van der Waals surface area contributed by atoms with Gasteiger partial charge in [-0.2, -0.15) is 0 Å². The SMILES string of the molecule is CC(C)CCC1(C)COCCN1. The van der Waals surface area contributed by atoms with Crippen molar-refractivity contribution < 1.29 is 4.74 Å². The van der Waals surface area contributed by atoms with E-state index >= 15 is 0 Å². The van der Waals surface area contributed by atoms with Gasteiger partial charge in [0.2, 0.25) is 0 Å². The summed E-state index contributed by atoms with van der Waals surface area (Å²) in [5.41, 5.74) is 0.239. The molecule has 0 aliphatic carbocycles. The average Bonchev–Trinajstić information content (AvgIpc) is 2.03. The zero-order valence-corrected chi connectivity index (χ0v) is 8.52. The molecule has 0 bridgehead atoms. The summed E-state index contributed by atoms with van der Waals surface area (Å²) in [5, 5.41) is 3.53. The standard InChI is InChI=1S/C10H21NO/c1-9(2)4-5-10(3)8-12-7-6-11-10/h9,11H,4-8H2,1-3H3. The van der Waals surface area contributed by atoms with E-state index < -0.39 is 0 Å². The third-order valence-corrected chi connectivity index (χ3v) is 2.49. The molecule has 1 unspecified atom stereocenters. The van der Waals surface area contributed by atoms with Gasteiger partial charge < -0.3 is 10.1 Å². The molecule has 1 rings (SSSR count). The largest absolute Gasteiger partial charge is 0.378 e. The second-order valence-corrected chi connectivity index (χ2v) is 4.47. The van der Waals surface area contributed by atoms with Crippen LogP contribution in [0.3, 0.4) is 0 Å². The summed E-state index contributed by atoms with van der Waals surface area (Å²) >= 11 is 0. The Bertz CT molecular complexity index is 128. The van der Waals surface area contributed by atoms with Crippen LogP contribution >= 0.6 is 0 Å². The Kier molecular flexibility index (Phi) is 3.53. The molecule has 1 aliphatic heterocycles. The summed E-state index contributed by atoms with van der Waals surface area (Å²) < 4.78 is 5.45. The van der Waals surface area contributed by atoms with Crippen molar-refractivity contribution in [1.29, 1.82) is 0 Å². The summed E-state index contributed by atoms with van der Waals surface area (Å²) in [6, 6.07) is 0. The number of hydrogen-bond donors (Lipinski definition) is 1. The molecule has 1 saturated heterocycles. The molecule has 2 nitrogen and oxygen atoms in total. The van der Waals surface area contributed by atoms with Crippen molar-refractivity contribution in [2.45, 2.75) is 39.2 Å². The number of rotatable bonds is 3. The van der Waals surface area contributed by atoms with Gasteiger partial charge in [0.1, 0.15) is 0 Å². The lowest BCUT2D eigenvalue weighted by Gasteiger charge is -2.35. The molecule has 0 aromatic heterocycles. The highest BCUT2D eigenvalue weighted by atomic mass is 16.5. The fraction of sp³-hybridized carbons (Fsp3) is 1.00. The molecule has 0 saturated carbocycles. The molecule has 0 radical (unpaired) electrons. The molecule has 0 amide bonds.